The Kier molecular flexibility index (Phi) is 6.28. The smallest absolute Gasteiger partial charge is 0.257 e. The van der Waals surface area contributed by atoms with E-state index in [1.165, 1.54) is 22.3 Å². The molecule has 158 valence electrons. The number of benzene rings is 3. The van der Waals surface area contributed by atoms with E-state index < -0.39 is 0 Å². The maximum Gasteiger partial charge on any atom is 0.257 e. The summed E-state index contributed by atoms with van der Waals surface area (Å²) in [6.07, 6.45) is 0.725. The highest BCUT2D eigenvalue weighted by atomic mass is 16.2. The van der Waals surface area contributed by atoms with Crippen LogP contribution in [0.15, 0.2) is 84.0 Å². The summed E-state index contributed by atoms with van der Waals surface area (Å²) in [7, 11) is 1.98. The lowest BCUT2D eigenvalue weighted by molar-refractivity contribution is -0.134. The van der Waals surface area contributed by atoms with Crippen molar-refractivity contribution in [2.24, 2.45) is 5.10 Å². The molecule has 0 radical (unpaired) electrons. The van der Waals surface area contributed by atoms with Crippen molar-refractivity contribution in [2.75, 3.05) is 13.6 Å². The molecule has 4 nitrogen and oxygen atoms in total. The third-order valence-electron chi connectivity index (χ3n) is 5.77. The fourth-order valence-corrected chi connectivity index (χ4v) is 4.16. The Morgan fingerprint density at radius 2 is 1.68 bits per heavy atom. The summed E-state index contributed by atoms with van der Waals surface area (Å²) in [6.45, 7) is 5.25. The summed E-state index contributed by atoms with van der Waals surface area (Å²) in [6, 6.07) is 26.8. The van der Waals surface area contributed by atoms with Crippen molar-refractivity contribution >= 4 is 11.6 Å². The van der Waals surface area contributed by atoms with E-state index in [4.69, 9.17) is 5.10 Å². The molecule has 0 saturated carbocycles. The molecule has 3 aromatic carbocycles. The monoisotopic (exact) mass is 411 g/mol. The molecule has 0 bridgehead atoms. The Morgan fingerprint density at radius 1 is 1.00 bits per heavy atom. The van der Waals surface area contributed by atoms with Crippen LogP contribution in [0.1, 0.15) is 40.3 Å². The normalized spacial score (nSPS) is 15.9. The predicted octanol–water partition coefficient (Wildman–Crippen LogP) is 5.11. The first-order valence-corrected chi connectivity index (χ1v) is 10.8. The third kappa shape index (κ3) is 4.92. The molecule has 4 heteroatoms. The lowest BCUT2D eigenvalue weighted by atomic mass is 9.94. The van der Waals surface area contributed by atoms with Gasteiger partial charge in [0.05, 0.1) is 18.3 Å². The largest absolute Gasteiger partial charge is 0.293 e. The summed E-state index contributed by atoms with van der Waals surface area (Å²) in [5.41, 5.74) is 6.79. The van der Waals surface area contributed by atoms with E-state index in [0.717, 1.165) is 24.2 Å². The van der Waals surface area contributed by atoms with Gasteiger partial charge in [0.15, 0.2) is 0 Å². The molecule has 0 N–H and O–H groups in total. The summed E-state index contributed by atoms with van der Waals surface area (Å²) in [5, 5.41) is 6.53. The van der Waals surface area contributed by atoms with Crippen molar-refractivity contribution < 1.29 is 4.79 Å². The van der Waals surface area contributed by atoms with Crippen LogP contribution in [-0.2, 0) is 11.3 Å². The van der Waals surface area contributed by atoms with Crippen LogP contribution in [0, 0.1) is 13.8 Å². The van der Waals surface area contributed by atoms with E-state index in [1.807, 2.05) is 48.3 Å². The van der Waals surface area contributed by atoms with Gasteiger partial charge in [0.1, 0.15) is 0 Å². The first-order valence-electron chi connectivity index (χ1n) is 10.8. The van der Waals surface area contributed by atoms with Crippen molar-refractivity contribution in [1.29, 1.82) is 0 Å². The highest BCUT2D eigenvalue weighted by Gasteiger charge is 2.34. The Morgan fingerprint density at radius 3 is 2.39 bits per heavy atom. The molecule has 1 aliphatic rings. The van der Waals surface area contributed by atoms with Crippen molar-refractivity contribution in [3.63, 3.8) is 0 Å². The zero-order chi connectivity index (χ0) is 21.8. The first kappa shape index (κ1) is 21.0. The lowest BCUT2D eigenvalue weighted by Gasteiger charge is -2.26. The number of hydrazone groups is 1. The molecule has 0 spiro atoms. The molecule has 0 aromatic heterocycles. The summed E-state index contributed by atoms with van der Waals surface area (Å²) in [5.74, 6) is 0.0234. The van der Waals surface area contributed by atoms with E-state index in [0.29, 0.717) is 6.54 Å². The van der Waals surface area contributed by atoms with Gasteiger partial charge in [-0.2, -0.15) is 5.10 Å². The molecule has 1 amide bonds. The standard InChI is InChI=1S/C27H29N3O/c1-20-14-15-21(2)24(16-20)26-17-25(23-12-8-5-9-13-23)28-30(26)27(31)19-29(3)18-22-10-6-4-7-11-22/h4-16,26H,17-19H2,1-3H3. The van der Waals surface area contributed by atoms with Crippen molar-refractivity contribution in [3.8, 4) is 0 Å². The summed E-state index contributed by atoms with van der Waals surface area (Å²) >= 11 is 0. The number of likely N-dealkylation sites (N-methyl/N-ethyl adjacent to an activating group) is 1. The molecular weight excluding hydrogens is 382 g/mol. The molecule has 1 atom stereocenters. The zero-order valence-corrected chi connectivity index (χ0v) is 18.5. The van der Waals surface area contributed by atoms with Crippen molar-refractivity contribution in [3.05, 3.63) is 107 Å². The number of amides is 1. The van der Waals surface area contributed by atoms with Gasteiger partial charge >= 0.3 is 0 Å². The third-order valence-corrected chi connectivity index (χ3v) is 5.77. The Labute approximate surface area is 184 Å². The van der Waals surface area contributed by atoms with Gasteiger partial charge in [-0.3, -0.25) is 9.69 Å². The zero-order valence-electron chi connectivity index (χ0n) is 18.5. The number of nitrogens with zero attached hydrogens (tertiary/aromatic N) is 3. The second kappa shape index (κ2) is 9.27. The molecule has 3 aromatic rings. The molecule has 4 rings (SSSR count). The maximum absolute atomic E-state index is 13.4. The van der Waals surface area contributed by atoms with E-state index in [1.54, 1.807) is 5.01 Å². The van der Waals surface area contributed by atoms with Gasteiger partial charge in [0.25, 0.3) is 5.91 Å². The molecule has 31 heavy (non-hydrogen) atoms. The van der Waals surface area contributed by atoms with Gasteiger partial charge in [0.2, 0.25) is 0 Å². The number of rotatable bonds is 6. The summed E-state index contributed by atoms with van der Waals surface area (Å²) < 4.78 is 0. The Bertz CT molecular complexity index is 1080. The van der Waals surface area contributed by atoms with Gasteiger partial charge in [-0.15, -0.1) is 0 Å². The highest BCUT2D eigenvalue weighted by Crippen LogP contribution is 2.35. The van der Waals surface area contributed by atoms with Gasteiger partial charge in [-0.05, 0) is 43.1 Å². The van der Waals surface area contributed by atoms with Crippen LogP contribution >= 0.6 is 0 Å². The Balaban J connectivity index is 1.59. The minimum atomic E-state index is -0.0762. The average molecular weight is 412 g/mol. The highest BCUT2D eigenvalue weighted by molar-refractivity contribution is 6.03. The van der Waals surface area contributed by atoms with Crippen LogP contribution in [0.2, 0.25) is 0 Å². The van der Waals surface area contributed by atoms with Gasteiger partial charge in [-0.25, -0.2) is 5.01 Å². The van der Waals surface area contributed by atoms with Crippen molar-refractivity contribution in [1.82, 2.24) is 9.91 Å². The number of hydrogen-bond acceptors (Lipinski definition) is 3. The van der Waals surface area contributed by atoms with Crippen LogP contribution in [-0.4, -0.2) is 35.1 Å². The minimum Gasteiger partial charge on any atom is -0.293 e. The molecule has 1 aliphatic heterocycles. The van der Waals surface area contributed by atoms with E-state index in [2.05, 4.69) is 56.3 Å². The molecular formula is C27H29N3O. The van der Waals surface area contributed by atoms with Gasteiger partial charge in [-0.1, -0.05) is 84.4 Å². The minimum absolute atomic E-state index is 0.0234. The fraction of sp³-hybridized carbons (Fsp3) is 0.259. The average Bonchev–Trinajstić information content (AvgIpc) is 3.22. The molecule has 1 unspecified atom stereocenters. The van der Waals surface area contributed by atoms with Crippen LogP contribution in [0.3, 0.4) is 0 Å². The van der Waals surface area contributed by atoms with Crippen LogP contribution in [0.25, 0.3) is 0 Å². The van der Waals surface area contributed by atoms with E-state index >= 15 is 0 Å². The molecule has 1 heterocycles. The maximum atomic E-state index is 13.4. The van der Waals surface area contributed by atoms with Crippen LogP contribution in [0.4, 0.5) is 0 Å². The van der Waals surface area contributed by atoms with E-state index in [9.17, 15) is 4.79 Å². The van der Waals surface area contributed by atoms with Crippen molar-refractivity contribution in [2.45, 2.75) is 32.9 Å². The number of hydrogen-bond donors (Lipinski definition) is 0. The fourth-order valence-electron chi connectivity index (χ4n) is 4.16. The molecule has 0 fully saturated rings. The van der Waals surface area contributed by atoms with Gasteiger partial charge in [0, 0.05) is 13.0 Å². The lowest BCUT2D eigenvalue weighted by Crippen LogP contribution is -2.36. The topological polar surface area (TPSA) is 35.9 Å². The van der Waals surface area contributed by atoms with Gasteiger partial charge < -0.3 is 0 Å². The predicted molar refractivity (Wildman–Crippen MR) is 126 cm³/mol. The number of carbonyl (C=O) groups is 1. The second-order valence-electron chi connectivity index (χ2n) is 8.39. The molecule has 0 saturated heterocycles. The number of carbonyl (C=O) groups excluding carboxylic acids is 1. The van der Waals surface area contributed by atoms with Crippen LogP contribution in [0.5, 0.6) is 0 Å². The quantitative estimate of drug-likeness (QED) is 0.565. The van der Waals surface area contributed by atoms with Crippen LogP contribution < -0.4 is 0 Å². The SMILES string of the molecule is Cc1ccc(C)c(C2CC(c3ccccc3)=NN2C(=O)CN(C)Cc2ccccc2)c1. The first-order chi connectivity index (χ1) is 15.0. The number of aryl methyl sites for hydroxylation is 2. The summed E-state index contributed by atoms with van der Waals surface area (Å²) in [4.78, 5) is 15.4. The second-order valence-corrected chi connectivity index (χ2v) is 8.39. The molecule has 0 aliphatic carbocycles. The van der Waals surface area contributed by atoms with E-state index in [-0.39, 0.29) is 11.9 Å². The Hall–Kier alpha value is -3.24.